The van der Waals surface area contributed by atoms with Crippen LogP contribution < -0.4 is 38.2 Å². The van der Waals surface area contributed by atoms with Gasteiger partial charge in [0.05, 0.1) is 73.1 Å². The Morgan fingerprint density at radius 2 is 0.969 bits per heavy atom. The van der Waals surface area contributed by atoms with E-state index in [1.807, 2.05) is 36.4 Å². The van der Waals surface area contributed by atoms with Crippen molar-refractivity contribution < 1.29 is 60.3 Å². The summed E-state index contributed by atoms with van der Waals surface area (Å²) in [5.41, 5.74) is 10.6. The monoisotopic (exact) mass is 1850 g/mol. The number of carbonyl (C=O) groups is 2. The molecule has 18 rings (SSSR count). The molecule has 0 saturated carbocycles. The fourth-order valence-corrected chi connectivity index (χ4v) is 21.6. The van der Waals surface area contributed by atoms with E-state index in [2.05, 4.69) is 130 Å². The molecule has 5 N–H and O–H groups in total. The molecule has 30 nitrogen and oxygen atoms in total. The van der Waals surface area contributed by atoms with Gasteiger partial charge in [0, 0.05) is 210 Å². The van der Waals surface area contributed by atoms with Gasteiger partial charge in [-0.3, -0.25) is 44.5 Å². The zero-order chi connectivity index (χ0) is 91.3. The Morgan fingerprint density at radius 3 is 1.38 bits per heavy atom. The Labute approximate surface area is 766 Å². The topological polar surface area (TPSA) is 350 Å². The van der Waals surface area contributed by atoms with Gasteiger partial charge in [-0.2, -0.15) is 0 Å². The van der Waals surface area contributed by atoms with E-state index in [4.69, 9.17) is 42.1 Å². The van der Waals surface area contributed by atoms with Gasteiger partial charge in [0.1, 0.15) is 45.8 Å². The van der Waals surface area contributed by atoms with Crippen LogP contribution in [0.2, 0.25) is 10.0 Å². The number of fused-ring (bicyclic) bond motifs is 4. The standard InChI is InChI=1S/C49H57ClN8O7S.C47H52ClN7O8S/c1-32-28-56(16-15-54(32)4)29-33-21-42-44(58(60)61)24-40(25-45(42)64-31-33)66(62,63)53-48(59)41-10-9-38(23-46(41)65-39-22-35-12-14-51-47(35)52-27-39)57-19-17-55(18-20-57)30-36-11-13-49(2,3)26-43(36)34-5-7-37(50)8-6-34;1-46(2)12-10-33(40(23-46)31-4-6-34(48)7-5-31)26-52-14-16-54(17-15-52)35-8-9-38(43(20-35)63-36-19-32-11-13-49-44(32)50-24-36)45(56)51-64(60,61)37-21-41(55(58)59)39-18-30(27-62-42(39)22-37)25-53-28-47(3,57)29-53/h5-10,12,14,22-25,27,32-33H,11,13,15-21,26,28-31H2,1-4H3,(H,51,52)(H,53,59);4-9,11,13,19-22,24,30,57H,10,12,14-18,23,25-29H2,1-3H3,(H,49,50)(H,51,56)/t32-,33+;30-/m10/s1. The molecule has 3 atom stereocenters. The summed E-state index contributed by atoms with van der Waals surface area (Å²) >= 11 is 12.5. The Kier molecular flexibility index (Phi) is 26.1. The second-order valence-electron chi connectivity index (χ2n) is 37.9. The number of ether oxygens (including phenoxy) is 4. The highest BCUT2D eigenvalue weighted by Gasteiger charge is 2.42. The first-order chi connectivity index (χ1) is 62.0. The lowest BCUT2D eigenvalue weighted by atomic mass is 9.72. The number of pyridine rings is 2. The number of hydrogen-bond donors (Lipinski definition) is 5. The number of nitrogens with zero attached hydrogens (tertiary/aromatic N) is 11. The average Bonchev–Trinajstić information content (AvgIpc) is 1.16. The van der Waals surface area contributed by atoms with Crippen LogP contribution in [-0.2, 0) is 32.9 Å². The van der Waals surface area contributed by atoms with Crippen molar-refractivity contribution in [3.05, 3.63) is 233 Å². The number of rotatable bonds is 24. The number of sulfonamides is 2. The lowest BCUT2D eigenvalue weighted by Crippen LogP contribution is -2.61. The molecule has 0 radical (unpaired) electrons. The van der Waals surface area contributed by atoms with Gasteiger partial charge >= 0.3 is 0 Å². The van der Waals surface area contributed by atoms with Crippen LogP contribution in [0, 0.1) is 42.9 Å². The smallest absolute Gasteiger partial charge is 0.277 e. The molecule has 4 saturated heterocycles. The van der Waals surface area contributed by atoms with Gasteiger partial charge in [-0.1, -0.05) is 86.3 Å². The first kappa shape index (κ1) is 90.9. The minimum Gasteiger partial charge on any atom is -0.493 e. The van der Waals surface area contributed by atoms with E-state index < -0.39 is 62.8 Å². The molecule has 4 aromatic heterocycles. The zero-order valence-corrected chi connectivity index (χ0v) is 77.1. The molecule has 10 heterocycles. The van der Waals surface area contributed by atoms with Crippen molar-refractivity contribution in [3.8, 4) is 34.5 Å². The Morgan fingerprint density at radius 1 is 0.554 bits per heavy atom. The highest BCUT2D eigenvalue weighted by molar-refractivity contribution is 7.90. The number of halogens is 2. The summed E-state index contributed by atoms with van der Waals surface area (Å²) in [4.78, 5) is 81.9. The third kappa shape index (κ3) is 21.0. The van der Waals surface area contributed by atoms with Crippen molar-refractivity contribution >= 4 is 111 Å². The number of nitro groups is 2. The van der Waals surface area contributed by atoms with Gasteiger partial charge in [-0.05, 0) is 178 Å². The number of piperazine rings is 3. The summed E-state index contributed by atoms with van der Waals surface area (Å²) in [6, 6.07) is 38.6. The van der Waals surface area contributed by atoms with Gasteiger partial charge in [-0.15, -0.1) is 0 Å². The Balaban J connectivity index is 0.000000182. The molecule has 2 aliphatic carbocycles. The van der Waals surface area contributed by atoms with Gasteiger partial charge < -0.3 is 53.6 Å². The molecule has 4 fully saturated rings. The number of allylic oxidation sites excluding steroid dienone is 2. The maximum atomic E-state index is 14.1. The zero-order valence-electron chi connectivity index (χ0n) is 74.0. The molecular weight excluding hydrogens is 1740 g/mol. The minimum absolute atomic E-state index is 0.00612. The number of aliphatic hydroxyl groups is 1. The van der Waals surface area contributed by atoms with Crippen LogP contribution >= 0.6 is 23.2 Å². The van der Waals surface area contributed by atoms with Crippen molar-refractivity contribution in [2.45, 2.75) is 114 Å². The molecule has 10 aromatic rings. The largest absolute Gasteiger partial charge is 0.493 e. The van der Waals surface area contributed by atoms with Crippen molar-refractivity contribution in [1.29, 1.82) is 0 Å². The highest BCUT2D eigenvalue weighted by atomic mass is 35.5. The van der Waals surface area contributed by atoms with Crippen molar-refractivity contribution in [2.75, 3.05) is 141 Å². The van der Waals surface area contributed by atoms with E-state index in [9.17, 15) is 51.8 Å². The van der Waals surface area contributed by atoms with Crippen LogP contribution in [0.5, 0.6) is 34.5 Å². The molecule has 684 valence electrons. The van der Waals surface area contributed by atoms with Crippen LogP contribution in [0.1, 0.15) is 123 Å². The number of hydrogen-bond acceptors (Lipinski definition) is 24. The summed E-state index contributed by atoms with van der Waals surface area (Å²) in [5, 5.41) is 37.9. The number of benzene rings is 6. The van der Waals surface area contributed by atoms with Crippen molar-refractivity contribution in [1.82, 2.24) is 53.9 Å². The number of likely N-dealkylation sites (N-methyl/N-ethyl adjacent to an activating group) is 1. The van der Waals surface area contributed by atoms with E-state index in [1.54, 1.807) is 61.8 Å². The summed E-state index contributed by atoms with van der Waals surface area (Å²) in [5.74, 6) is -0.898. The lowest BCUT2D eigenvalue weighted by Gasteiger charge is -2.46. The van der Waals surface area contributed by atoms with Crippen molar-refractivity contribution in [3.63, 3.8) is 0 Å². The molecule has 34 heteroatoms. The summed E-state index contributed by atoms with van der Waals surface area (Å²) < 4.78 is 84.7. The first-order valence-corrected chi connectivity index (χ1v) is 48.1. The van der Waals surface area contributed by atoms with E-state index in [0.717, 1.165) is 155 Å². The average molecular weight is 1850 g/mol. The van der Waals surface area contributed by atoms with E-state index in [1.165, 1.54) is 64.0 Å². The summed E-state index contributed by atoms with van der Waals surface area (Å²) in [6.45, 7) is 26.6. The predicted octanol–water partition coefficient (Wildman–Crippen LogP) is 15.4. The number of carbonyl (C=O) groups excluding carboxylic acids is 2. The molecule has 130 heavy (non-hydrogen) atoms. The molecule has 0 unspecified atom stereocenters. The predicted molar refractivity (Wildman–Crippen MR) is 501 cm³/mol. The lowest BCUT2D eigenvalue weighted by molar-refractivity contribution is -0.386. The molecule has 6 aliphatic heterocycles. The van der Waals surface area contributed by atoms with E-state index >= 15 is 0 Å². The third-order valence-electron chi connectivity index (χ3n) is 26.6. The Bertz CT molecular complexity index is 6300. The molecule has 0 spiro atoms. The van der Waals surface area contributed by atoms with Gasteiger partial charge in [0.2, 0.25) is 0 Å². The quantitative estimate of drug-likeness (QED) is 0.0277. The number of H-pyrrole nitrogens is 2. The minimum atomic E-state index is -4.65. The number of aromatic nitrogens is 4. The molecular formula is C96H109Cl2N15O15S2. The van der Waals surface area contributed by atoms with Gasteiger partial charge in [0.15, 0.2) is 0 Å². The van der Waals surface area contributed by atoms with E-state index in [-0.39, 0.29) is 81.3 Å². The molecule has 0 bridgehead atoms. The molecule has 2 amide bonds. The van der Waals surface area contributed by atoms with Crippen LogP contribution in [-0.4, -0.2) is 231 Å². The number of likely N-dealkylation sites (tertiary alicyclic amines) is 1. The number of aromatic amines is 2. The SMILES string of the molecule is CC1(C)CCC(CN2CCN(c3ccc(C(=O)NS(=O)(=O)c4cc5c(c([N+](=O)[O-])c4)C[C@@H](CN4CC(C)(O)C4)CO5)c(Oc4cnc5[nH]ccc5c4)c3)CC2)=C(c2ccc(Cl)cc2)C1.C[C@@H]1CN(C[C@H]2COc3cc(S(=O)(=O)NC(=O)c4ccc(N5CCN(CC6=C(c7ccc(Cl)cc7)CC(C)(C)CC6)CC5)cc4Oc4cnc5[nH]ccc5c4)cc([N+](=O)[O-])c3C2)CCN1C. The molecule has 8 aliphatic rings. The Hall–Kier alpha value is -11.0. The highest BCUT2D eigenvalue weighted by Crippen LogP contribution is 2.48. The number of amides is 2. The van der Waals surface area contributed by atoms with Gasteiger partial charge in [-0.25, -0.2) is 36.2 Å². The number of β-amino-alcohol motifs (C(OH)–C–C–N with tert-alkyl or cyclic N) is 1. The maximum Gasteiger partial charge on any atom is 0.277 e. The van der Waals surface area contributed by atoms with Crippen molar-refractivity contribution in [2.24, 2.45) is 22.7 Å². The van der Waals surface area contributed by atoms with Gasteiger partial charge in [0.25, 0.3) is 43.2 Å². The number of anilines is 2. The maximum absolute atomic E-state index is 14.1. The number of nitrogens with one attached hydrogen (secondary N) is 4. The second kappa shape index (κ2) is 37.3. The fraction of sp³-hybridized carbons (Fsp3) is 0.417. The van der Waals surface area contributed by atoms with Crippen LogP contribution in [0.4, 0.5) is 22.7 Å². The third-order valence-corrected chi connectivity index (χ3v) is 29.7. The van der Waals surface area contributed by atoms with Crippen LogP contribution in [0.25, 0.3) is 33.2 Å². The summed E-state index contributed by atoms with van der Waals surface area (Å²) in [7, 11) is -7.17. The number of nitro benzene ring substituents is 2. The normalized spacial score (nSPS) is 20.4. The first-order valence-electron chi connectivity index (χ1n) is 44.3. The van der Waals surface area contributed by atoms with Crippen LogP contribution in [0.3, 0.4) is 0 Å². The van der Waals surface area contributed by atoms with Crippen LogP contribution in [0.15, 0.2) is 179 Å². The molecule has 6 aromatic carbocycles. The second-order valence-corrected chi connectivity index (χ2v) is 42.1. The summed E-state index contributed by atoms with van der Waals surface area (Å²) in [6.07, 6.45) is 13.6. The fourth-order valence-electron chi connectivity index (χ4n) is 19.4. The van der Waals surface area contributed by atoms with E-state index in [0.29, 0.717) is 86.5 Å².